The Morgan fingerprint density at radius 1 is 1.36 bits per heavy atom. The molecule has 0 amide bonds. The normalized spacial score (nSPS) is 19.6. The van der Waals surface area contributed by atoms with Crippen molar-refractivity contribution in [1.82, 2.24) is 0 Å². The quantitative estimate of drug-likeness (QED) is 0.594. The van der Waals surface area contributed by atoms with Gasteiger partial charge in [-0.15, -0.1) is 0 Å². The molecule has 2 N–H and O–H groups in total. The van der Waals surface area contributed by atoms with Gasteiger partial charge in [0.1, 0.15) is 0 Å². The number of hydrogen-bond donors (Lipinski definition) is 2. The van der Waals surface area contributed by atoms with Gasteiger partial charge in [-0.2, -0.15) is 0 Å². The number of aliphatic hydroxyl groups excluding tert-OH is 1. The highest BCUT2D eigenvalue weighted by Crippen LogP contribution is 2.09. The molecule has 1 saturated heterocycles. The second-order valence-corrected chi connectivity index (χ2v) is 2.32. The molecule has 1 heterocycles. The third-order valence-electron chi connectivity index (χ3n) is 1.39. The van der Waals surface area contributed by atoms with E-state index in [1.54, 1.807) is 0 Å². The van der Waals surface area contributed by atoms with Crippen LogP contribution >= 0.6 is 0 Å². The van der Waals surface area contributed by atoms with Gasteiger partial charge in [0.25, 0.3) is 5.95 Å². The molecule has 0 aromatic carbocycles. The van der Waals surface area contributed by atoms with Crippen LogP contribution in [0.4, 0.5) is 0 Å². The van der Waals surface area contributed by atoms with Gasteiger partial charge in [-0.25, -0.2) is 0 Å². The molecule has 0 bridgehead atoms. The van der Waals surface area contributed by atoms with E-state index >= 15 is 0 Å². The zero-order valence-electron chi connectivity index (χ0n) is 6.19. The van der Waals surface area contributed by atoms with Crippen molar-refractivity contribution < 1.29 is 19.7 Å². The third kappa shape index (κ3) is 3.25. The lowest BCUT2D eigenvalue weighted by Crippen LogP contribution is -2.24. The largest absolute Gasteiger partial charge is 0.481 e. The third-order valence-corrected chi connectivity index (χ3v) is 1.39. The van der Waals surface area contributed by atoms with Crippen molar-refractivity contribution in [3.05, 3.63) is 12.0 Å². The van der Waals surface area contributed by atoms with Gasteiger partial charge >= 0.3 is 0 Å². The molecule has 1 aliphatic heterocycles. The second-order valence-electron chi connectivity index (χ2n) is 2.32. The summed E-state index contributed by atoms with van der Waals surface area (Å²) in [5, 5.41) is 16.8. The Morgan fingerprint density at radius 3 is 2.55 bits per heavy atom. The van der Waals surface area contributed by atoms with Crippen molar-refractivity contribution in [2.45, 2.75) is 19.1 Å². The molecular formula is C7H12O4. The average Bonchev–Trinajstić information content (AvgIpc) is 2.03. The van der Waals surface area contributed by atoms with Crippen molar-refractivity contribution in [3.8, 4) is 0 Å². The summed E-state index contributed by atoms with van der Waals surface area (Å²) >= 11 is 0. The Morgan fingerprint density at radius 2 is 2.00 bits per heavy atom. The van der Waals surface area contributed by atoms with Gasteiger partial charge in [0, 0.05) is 12.5 Å². The second kappa shape index (κ2) is 4.20. The van der Waals surface area contributed by atoms with E-state index in [4.69, 9.17) is 19.7 Å². The summed E-state index contributed by atoms with van der Waals surface area (Å²) in [4.78, 5) is 0. The Kier molecular flexibility index (Phi) is 3.19. The van der Waals surface area contributed by atoms with Crippen molar-refractivity contribution in [2.24, 2.45) is 0 Å². The molecule has 0 radical (unpaired) electrons. The van der Waals surface area contributed by atoms with Crippen LogP contribution in [0.15, 0.2) is 12.0 Å². The fourth-order valence-corrected chi connectivity index (χ4v) is 0.874. The van der Waals surface area contributed by atoms with Crippen LogP contribution in [0.5, 0.6) is 0 Å². The first-order valence-corrected chi connectivity index (χ1v) is 3.60. The van der Waals surface area contributed by atoms with Gasteiger partial charge in [-0.1, -0.05) is 0 Å². The summed E-state index contributed by atoms with van der Waals surface area (Å²) in [6.45, 7) is 1.37. The van der Waals surface area contributed by atoms with Gasteiger partial charge in [-0.05, 0) is 6.42 Å². The van der Waals surface area contributed by atoms with E-state index in [0.717, 1.165) is 6.42 Å². The van der Waals surface area contributed by atoms with E-state index < -0.39 is 5.95 Å². The van der Waals surface area contributed by atoms with Gasteiger partial charge in [0.05, 0.1) is 13.2 Å². The Hall–Kier alpha value is -0.740. The predicted molar refractivity (Wildman–Crippen MR) is 38.3 cm³/mol. The van der Waals surface area contributed by atoms with Crippen molar-refractivity contribution in [3.63, 3.8) is 0 Å². The highest BCUT2D eigenvalue weighted by atomic mass is 16.7. The van der Waals surface area contributed by atoms with Crippen LogP contribution < -0.4 is 0 Å². The maximum absolute atomic E-state index is 8.39. The Balaban J connectivity index is 2.19. The summed E-state index contributed by atoms with van der Waals surface area (Å²) in [6.07, 6.45) is 2.25. The van der Waals surface area contributed by atoms with E-state index in [0.29, 0.717) is 19.6 Å². The van der Waals surface area contributed by atoms with Crippen molar-refractivity contribution in [2.75, 3.05) is 13.2 Å². The van der Waals surface area contributed by atoms with E-state index in [-0.39, 0.29) is 6.29 Å². The minimum absolute atomic E-state index is 0.307. The Bertz CT molecular complexity index is 133. The highest BCUT2D eigenvalue weighted by molar-refractivity contribution is 4.80. The summed E-state index contributed by atoms with van der Waals surface area (Å²) < 4.78 is 10.3. The van der Waals surface area contributed by atoms with E-state index in [1.165, 1.54) is 6.08 Å². The SMILES string of the molecule is OC(O)=CCC1OCCCO1. The maximum Gasteiger partial charge on any atom is 0.270 e. The van der Waals surface area contributed by atoms with Crippen LogP contribution in [0.2, 0.25) is 0 Å². The molecule has 11 heavy (non-hydrogen) atoms. The first kappa shape index (κ1) is 8.36. The molecule has 0 aromatic heterocycles. The molecule has 0 saturated carbocycles. The summed E-state index contributed by atoms with van der Waals surface area (Å²) in [5.74, 6) is -0.678. The minimum Gasteiger partial charge on any atom is -0.481 e. The topological polar surface area (TPSA) is 58.9 Å². The number of ether oxygens (including phenoxy) is 2. The molecule has 64 valence electrons. The lowest BCUT2D eigenvalue weighted by Gasteiger charge is -2.21. The number of hydrogen-bond acceptors (Lipinski definition) is 4. The molecule has 1 rings (SSSR count). The monoisotopic (exact) mass is 160 g/mol. The van der Waals surface area contributed by atoms with Crippen molar-refractivity contribution in [1.29, 1.82) is 0 Å². The van der Waals surface area contributed by atoms with Gasteiger partial charge < -0.3 is 19.7 Å². The van der Waals surface area contributed by atoms with Crippen LogP contribution in [0, 0.1) is 0 Å². The molecule has 0 aliphatic carbocycles. The Labute approximate surface area is 65.0 Å². The maximum atomic E-state index is 8.39. The lowest BCUT2D eigenvalue weighted by atomic mass is 10.3. The molecular weight excluding hydrogens is 148 g/mol. The first-order chi connectivity index (χ1) is 5.29. The molecule has 0 atom stereocenters. The van der Waals surface area contributed by atoms with Crippen molar-refractivity contribution >= 4 is 0 Å². The van der Waals surface area contributed by atoms with Gasteiger partial charge in [0.15, 0.2) is 6.29 Å². The molecule has 1 aliphatic rings. The fourth-order valence-electron chi connectivity index (χ4n) is 0.874. The highest BCUT2D eigenvalue weighted by Gasteiger charge is 2.12. The summed E-state index contributed by atoms with van der Waals surface area (Å²) in [5.41, 5.74) is 0. The predicted octanol–water partition coefficient (Wildman–Crippen LogP) is 1.10. The minimum atomic E-state index is -0.678. The van der Waals surface area contributed by atoms with Crippen LogP contribution in [0.25, 0.3) is 0 Å². The smallest absolute Gasteiger partial charge is 0.270 e. The summed E-state index contributed by atoms with van der Waals surface area (Å²) in [7, 11) is 0. The standard InChI is InChI=1S/C7H12O4/c8-6(9)2-3-7-10-4-1-5-11-7/h2,7-9H,1,3-5H2. The molecule has 4 nitrogen and oxygen atoms in total. The molecule has 4 heteroatoms. The van der Waals surface area contributed by atoms with Gasteiger partial charge in [0.2, 0.25) is 0 Å². The van der Waals surface area contributed by atoms with Gasteiger partial charge in [-0.3, -0.25) is 0 Å². The van der Waals surface area contributed by atoms with Crippen LogP contribution in [-0.4, -0.2) is 29.7 Å². The van der Waals surface area contributed by atoms with E-state index in [2.05, 4.69) is 0 Å². The fraction of sp³-hybridized carbons (Fsp3) is 0.714. The molecule has 0 unspecified atom stereocenters. The molecule has 1 fully saturated rings. The number of rotatable bonds is 2. The molecule has 0 spiro atoms. The molecule has 0 aromatic rings. The van der Waals surface area contributed by atoms with E-state index in [1.807, 2.05) is 0 Å². The van der Waals surface area contributed by atoms with Crippen LogP contribution in [0.3, 0.4) is 0 Å². The summed E-state index contributed by atoms with van der Waals surface area (Å²) in [6, 6.07) is 0. The lowest BCUT2D eigenvalue weighted by molar-refractivity contribution is -0.176. The zero-order chi connectivity index (χ0) is 8.10. The average molecular weight is 160 g/mol. The first-order valence-electron chi connectivity index (χ1n) is 3.60. The van der Waals surface area contributed by atoms with E-state index in [9.17, 15) is 0 Å². The number of aliphatic hydroxyl groups is 2. The zero-order valence-corrected chi connectivity index (χ0v) is 6.19. The van der Waals surface area contributed by atoms with Crippen LogP contribution in [-0.2, 0) is 9.47 Å². The van der Waals surface area contributed by atoms with Crippen LogP contribution in [0.1, 0.15) is 12.8 Å².